The van der Waals surface area contributed by atoms with Crippen molar-refractivity contribution in [3.05, 3.63) is 35.4 Å². The van der Waals surface area contributed by atoms with Crippen molar-refractivity contribution in [1.82, 2.24) is 9.21 Å². The molecule has 2 rings (SSSR count). The lowest BCUT2D eigenvalue weighted by molar-refractivity contribution is -0.130. The Labute approximate surface area is 126 Å². The van der Waals surface area contributed by atoms with Crippen LogP contribution in [0.5, 0.6) is 0 Å². The molecule has 0 aliphatic carbocycles. The van der Waals surface area contributed by atoms with Crippen LogP contribution in [0.4, 0.5) is 0 Å². The molecule has 1 aromatic carbocycles. The third-order valence-corrected chi connectivity index (χ3v) is 4.88. The Morgan fingerprint density at radius 1 is 1.29 bits per heavy atom. The van der Waals surface area contributed by atoms with Crippen molar-refractivity contribution < 1.29 is 13.2 Å². The summed E-state index contributed by atoms with van der Waals surface area (Å²) >= 11 is 0. The van der Waals surface area contributed by atoms with E-state index in [-0.39, 0.29) is 19.0 Å². The van der Waals surface area contributed by atoms with E-state index in [1.807, 2.05) is 31.2 Å². The van der Waals surface area contributed by atoms with Gasteiger partial charge in [-0.2, -0.15) is 4.31 Å². The van der Waals surface area contributed by atoms with Crippen LogP contribution >= 0.6 is 0 Å². The second-order valence-electron chi connectivity index (χ2n) is 5.61. The fourth-order valence-corrected chi connectivity index (χ4v) is 3.25. The van der Waals surface area contributed by atoms with Crippen LogP contribution in [-0.2, 0) is 21.4 Å². The average molecular weight is 310 g/mol. The van der Waals surface area contributed by atoms with E-state index in [0.29, 0.717) is 0 Å². The van der Waals surface area contributed by atoms with Crippen LogP contribution in [0.15, 0.2) is 24.3 Å². The first-order valence-corrected chi connectivity index (χ1v) is 8.99. The first-order chi connectivity index (χ1) is 9.86. The van der Waals surface area contributed by atoms with Gasteiger partial charge in [0.2, 0.25) is 15.9 Å². The lowest BCUT2D eigenvalue weighted by atomic mass is 10.1. The molecule has 1 aromatic rings. The number of benzene rings is 1. The molecule has 1 aliphatic rings. The van der Waals surface area contributed by atoms with Gasteiger partial charge in [-0.25, -0.2) is 8.42 Å². The number of likely N-dealkylation sites (tertiary alicyclic amines) is 1. The Morgan fingerprint density at radius 3 is 2.52 bits per heavy atom. The van der Waals surface area contributed by atoms with Crippen molar-refractivity contribution in [2.24, 2.45) is 0 Å². The minimum Gasteiger partial charge on any atom is -0.342 e. The largest absolute Gasteiger partial charge is 0.342 e. The lowest BCUT2D eigenvalue weighted by Crippen LogP contribution is -2.41. The highest BCUT2D eigenvalue weighted by Crippen LogP contribution is 2.13. The fraction of sp³-hybridized carbons (Fsp3) is 0.533. The van der Waals surface area contributed by atoms with Crippen molar-refractivity contribution in [2.45, 2.75) is 26.3 Å². The summed E-state index contributed by atoms with van der Waals surface area (Å²) in [6.07, 6.45) is 3.16. The molecule has 21 heavy (non-hydrogen) atoms. The third-order valence-electron chi connectivity index (χ3n) is 3.68. The standard InChI is InChI=1S/C15H22N2O3S/c1-13-6-5-7-14(10-13)11-17(21(2,19)20)12-15(18)16-8-3-4-9-16/h5-7,10H,3-4,8-9,11-12H2,1-2H3. The summed E-state index contributed by atoms with van der Waals surface area (Å²) in [5, 5.41) is 0. The van der Waals surface area contributed by atoms with E-state index < -0.39 is 10.0 Å². The van der Waals surface area contributed by atoms with Gasteiger partial charge >= 0.3 is 0 Å². The van der Waals surface area contributed by atoms with Crippen LogP contribution in [0, 0.1) is 6.92 Å². The number of carbonyl (C=O) groups excluding carboxylic acids is 1. The molecule has 1 saturated heterocycles. The number of nitrogens with zero attached hydrogens (tertiary/aromatic N) is 2. The fourth-order valence-electron chi connectivity index (χ4n) is 2.52. The molecular formula is C15H22N2O3S. The molecule has 1 amide bonds. The zero-order valence-electron chi connectivity index (χ0n) is 12.6. The highest BCUT2D eigenvalue weighted by atomic mass is 32.2. The van der Waals surface area contributed by atoms with Gasteiger partial charge in [0, 0.05) is 19.6 Å². The smallest absolute Gasteiger partial charge is 0.237 e. The second-order valence-corrected chi connectivity index (χ2v) is 7.59. The first-order valence-electron chi connectivity index (χ1n) is 7.15. The summed E-state index contributed by atoms with van der Waals surface area (Å²) < 4.78 is 25.1. The van der Waals surface area contributed by atoms with Gasteiger partial charge in [0.05, 0.1) is 12.8 Å². The van der Waals surface area contributed by atoms with Crippen LogP contribution in [-0.4, -0.2) is 49.4 Å². The maximum absolute atomic E-state index is 12.2. The number of rotatable bonds is 5. The van der Waals surface area contributed by atoms with Crippen LogP contribution < -0.4 is 0 Å². The second kappa shape index (κ2) is 6.58. The van der Waals surface area contributed by atoms with Gasteiger partial charge in [0.1, 0.15) is 0 Å². The normalized spacial score (nSPS) is 15.7. The molecule has 0 atom stereocenters. The molecule has 1 heterocycles. The van der Waals surface area contributed by atoms with Gasteiger partial charge in [0.15, 0.2) is 0 Å². The summed E-state index contributed by atoms with van der Waals surface area (Å²) in [6.45, 7) is 3.60. The minimum absolute atomic E-state index is 0.0766. The van der Waals surface area contributed by atoms with Gasteiger partial charge in [-0.05, 0) is 25.3 Å². The highest BCUT2D eigenvalue weighted by Gasteiger charge is 2.25. The van der Waals surface area contributed by atoms with Gasteiger partial charge < -0.3 is 4.90 Å². The van der Waals surface area contributed by atoms with E-state index in [4.69, 9.17) is 0 Å². The van der Waals surface area contributed by atoms with E-state index in [0.717, 1.165) is 43.3 Å². The number of hydrogen-bond donors (Lipinski definition) is 0. The van der Waals surface area contributed by atoms with E-state index in [2.05, 4.69) is 0 Å². The molecule has 5 nitrogen and oxygen atoms in total. The Balaban J connectivity index is 2.10. The van der Waals surface area contributed by atoms with Gasteiger partial charge in [-0.3, -0.25) is 4.79 Å². The molecule has 6 heteroatoms. The van der Waals surface area contributed by atoms with Crippen molar-refractivity contribution >= 4 is 15.9 Å². The van der Waals surface area contributed by atoms with Crippen LogP contribution in [0.2, 0.25) is 0 Å². The topological polar surface area (TPSA) is 57.7 Å². The van der Waals surface area contributed by atoms with E-state index in [1.54, 1.807) is 4.90 Å². The monoisotopic (exact) mass is 310 g/mol. The van der Waals surface area contributed by atoms with Crippen molar-refractivity contribution in [2.75, 3.05) is 25.9 Å². The number of amides is 1. The van der Waals surface area contributed by atoms with E-state index >= 15 is 0 Å². The lowest BCUT2D eigenvalue weighted by Gasteiger charge is -2.23. The van der Waals surface area contributed by atoms with Crippen LogP contribution in [0.3, 0.4) is 0 Å². The molecular weight excluding hydrogens is 288 g/mol. The zero-order chi connectivity index (χ0) is 15.5. The molecule has 116 valence electrons. The summed E-state index contributed by atoms with van der Waals surface area (Å²) in [4.78, 5) is 13.9. The summed E-state index contributed by atoms with van der Waals surface area (Å²) in [5.74, 6) is -0.106. The molecule has 0 radical (unpaired) electrons. The molecule has 1 aliphatic heterocycles. The summed E-state index contributed by atoms with van der Waals surface area (Å²) in [7, 11) is -3.41. The maximum Gasteiger partial charge on any atom is 0.237 e. The average Bonchev–Trinajstić information content (AvgIpc) is 2.90. The minimum atomic E-state index is -3.41. The number of sulfonamides is 1. The van der Waals surface area contributed by atoms with Crippen LogP contribution in [0.25, 0.3) is 0 Å². The Bertz CT molecular complexity index is 607. The van der Waals surface area contributed by atoms with Crippen LogP contribution in [0.1, 0.15) is 24.0 Å². The predicted octanol–water partition coefficient (Wildman–Crippen LogP) is 1.38. The summed E-state index contributed by atoms with van der Waals surface area (Å²) in [5.41, 5.74) is 1.97. The summed E-state index contributed by atoms with van der Waals surface area (Å²) in [6, 6.07) is 7.68. The van der Waals surface area contributed by atoms with Crippen molar-refractivity contribution in [1.29, 1.82) is 0 Å². The quantitative estimate of drug-likeness (QED) is 0.825. The van der Waals surface area contributed by atoms with E-state index in [1.165, 1.54) is 4.31 Å². The first kappa shape index (κ1) is 16.0. The number of carbonyl (C=O) groups is 1. The Morgan fingerprint density at radius 2 is 1.95 bits per heavy atom. The molecule has 0 aromatic heterocycles. The zero-order valence-corrected chi connectivity index (χ0v) is 13.4. The Hall–Kier alpha value is -1.40. The van der Waals surface area contributed by atoms with Crippen molar-refractivity contribution in [3.8, 4) is 0 Å². The van der Waals surface area contributed by atoms with Gasteiger partial charge in [-0.1, -0.05) is 29.8 Å². The maximum atomic E-state index is 12.2. The number of hydrogen-bond acceptors (Lipinski definition) is 3. The third kappa shape index (κ3) is 4.54. The SMILES string of the molecule is Cc1cccc(CN(CC(=O)N2CCCC2)S(C)(=O)=O)c1. The highest BCUT2D eigenvalue weighted by molar-refractivity contribution is 7.88. The molecule has 1 fully saturated rings. The van der Waals surface area contributed by atoms with E-state index in [9.17, 15) is 13.2 Å². The molecule has 0 unspecified atom stereocenters. The van der Waals surface area contributed by atoms with Gasteiger partial charge in [-0.15, -0.1) is 0 Å². The molecule has 0 bridgehead atoms. The molecule has 0 N–H and O–H groups in total. The molecule has 0 saturated carbocycles. The van der Waals surface area contributed by atoms with Crippen molar-refractivity contribution in [3.63, 3.8) is 0 Å². The Kier molecular flexibility index (Phi) is 5.00. The molecule has 0 spiro atoms. The number of aryl methyl sites for hydroxylation is 1. The predicted molar refractivity (Wildman–Crippen MR) is 82.2 cm³/mol. The van der Waals surface area contributed by atoms with Gasteiger partial charge in [0.25, 0.3) is 0 Å².